The molecule has 2 heterocycles. The molecule has 0 aromatic carbocycles. The van der Waals surface area contributed by atoms with E-state index < -0.39 is 0 Å². The first kappa shape index (κ1) is 15.6. The van der Waals surface area contributed by atoms with E-state index in [4.69, 9.17) is 5.11 Å². The molecule has 0 saturated carbocycles. The number of amides is 2. The number of hydrogen-bond acceptors (Lipinski definition) is 3. The number of hydrogen-bond donors (Lipinski definition) is 3. The number of carbonyl (C=O) groups is 1. The Bertz CT molecular complexity index is 333. The van der Waals surface area contributed by atoms with Gasteiger partial charge in [0, 0.05) is 31.8 Å². The maximum atomic E-state index is 12.0. The van der Waals surface area contributed by atoms with Crippen LogP contribution < -0.4 is 10.6 Å². The lowest BCUT2D eigenvalue weighted by molar-refractivity contribution is 0.176. The minimum Gasteiger partial charge on any atom is -0.396 e. The van der Waals surface area contributed by atoms with Crippen molar-refractivity contribution in [3.05, 3.63) is 0 Å². The molecule has 0 aliphatic carbocycles. The number of aliphatic hydroxyl groups is 1. The third-order valence-corrected chi connectivity index (χ3v) is 4.69. The molecule has 20 heavy (non-hydrogen) atoms. The zero-order chi connectivity index (χ0) is 14.6. The number of urea groups is 1. The van der Waals surface area contributed by atoms with Crippen molar-refractivity contribution in [1.82, 2.24) is 15.5 Å². The van der Waals surface area contributed by atoms with Gasteiger partial charge in [-0.05, 0) is 37.6 Å². The Labute approximate surface area is 122 Å². The highest BCUT2D eigenvalue weighted by atomic mass is 16.3. The Morgan fingerprint density at radius 2 is 2.10 bits per heavy atom. The second kappa shape index (κ2) is 6.76. The van der Waals surface area contributed by atoms with Crippen LogP contribution in [0.3, 0.4) is 0 Å². The molecule has 3 N–H and O–H groups in total. The van der Waals surface area contributed by atoms with Crippen LogP contribution in [0.5, 0.6) is 0 Å². The quantitative estimate of drug-likeness (QED) is 0.713. The first-order valence-electron chi connectivity index (χ1n) is 7.91. The van der Waals surface area contributed by atoms with Gasteiger partial charge in [-0.1, -0.05) is 20.3 Å². The van der Waals surface area contributed by atoms with E-state index in [0.29, 0.717) is 25.0 Å². The molecule has 0 aromatic heterocycles. The summed E-state index contributed by atoms with van der Waals surface area (Å²) >= 11 is 0. The topological polar surface area (TPSA) is 64.6 Å². The Hall–Kier alpha value is -0.810. The van der Waals surface area contributed by atoms with E-state index in [0.717, 1.165) is 13.0 Å². The Morgan fingerprint density at radius 3 is 2.85 bits per heavy atom. The summed E-state index contributed by atoms with van der Waals surface area (Å²) in [6.45, 7) is 7.18. The number of carbonyl (C=O) groups excluding carboxylic acids is 1. The van der Waals surface area contributed by atoms with Crippen LogP contribution in [0.25, 0.3) is 0 Å². The second-order valence-corrected chi connectivity index (χ2v) is 6.96. The van der Waals surface area contributed by atoms with Crippen molar-refractivity contribution in [3.63, 3.8) is 0 Å². The highest BCUT2D eigenvalue weighted by molar-refractivity contribution is 5.74. The van der Waals surface area contributed by atoms with Gasteiger partial charge in [0.15, 0.2) is 0 Å². The molecule has 0 spiro atoms. The number of nitrogens with one attached hydrogen (secondary N) is 2. The van der Waals surface area contributed by atoms with Gasteiger partial charge >= 0.3 is 6.03 Å². The van der Waals surface area contributed by atoms with Crippen molar-refractivity contribution in [2.45, 2.75) is 58.0 Å². The van der Waals surface area contributed by atoms with E-state index in [-0.39, 0.29) is 18.1 Å². The van der Waals surface area contributed by atoms with Crippen LogP contribution >= 0.6 is 0 Å². The maximum absolute atomic E-state index is 12.0. The molecule has 116 valence electrons. The predicted molar refractivity (Wildman–Crippen MR) is 79.6 cm³/mol. The van der Waals surface area contributed by atoms with E-state index in [2.05, 4.69) is 29.4 Å². The summed E-state index contributed by atoms with van der Waals surface area (Å²) in [7, 11) is 0. The summed E-state index contributed by atoms with van der Waals surface area (Å²) < 4.78 is 0. The number of aliphatic hydroxyl groups excluding tert-OH is 1. The van der Waals surface area contributed by atoms with Crippen LogP contribution in [0.4, 0.5) is 4.79 Å². The fourth-order valence-electron chi connectivity index (χ4n) is 3.35. The zero-order valence-corrected chi connectivity index (χ0v) is 12.8. The van der Waals surface area contributed by atoms with Crippen LogP contribution in [0.2, 0.25) is 0 Å². The number of rotatable bonds is 5. The zero-order valence-electron chi connectivity index (χ0n) is 12.8. The molecule has 0 radical (unpaired) electrons. The van der Waals surface area contributed by atoms with Gasteiger partial charge in [0.25, 0.3) is 0 Å². The smallest absolute Gasteiger partial charge is 0.315 e. The Morgan fingerprint density at radius 1 is 1.30 bits per heavy atom. The minimum absolute atomic E-state index is 0.0569. The molecule has 2 rings (SSSR count). The Balaban J connectivity index is 1.74. The van der Waals surface area contributed by atoms with Crippen LogP contribution in [0.15, 0.2) is 0 Å². The average Bonchev–Trinajstić information content (AvgIpc) is 2.80. The molecule has 0 bridgehead atoms. The minimum atomic E-state index is -0.0616. The number of nitrogens with zero attached hydrogens (tertiary/aromatic N) is 1. The maximum Gasteiger partial charge on any atom is 0.315 e. The molecular formula is C15H29N3O2. The van der Waals surface area contributed by atoms with Crippen LogP contribution in [-0.4, -0.2) is 54.4 Å². The van der Waals surface area contributed by atoms with Gasteiger partial charge in [0.1, 0.15) is 0 Å². The van der Waals surface area contributed by atoms with Crippen molar-refractivity contribution in [3.8, 4) is 0 Å². The molecule has 5 heteroatoms. The first-order valence-corrected chi connectivity index (χ1v) is 7.91. The molecule has 2 aliphatic rings. The van der Waals surface area contributed by atoms with Crippen molar-refractivity contribution < 1.29 is 9.90 Å². The van der Waals surface area contributed by atoms with Gasteiger partial charge in [-0.15, -0.1) is 0 Å². The second-order valence-electron chi connectivity index (χ2n) is 6.96. The van der Waals surface area contributed by atoms with E-state index in [1.54, 1.807) is 0 Å². The monoisotopic (exact) mass is 283 g/mol. The predicted octanol–water partition coefficient (Wildman–Crippen LogP) is 1.32. The molecule has 2 atom stereocenters. The normalized spacial score (nSPS) is 27.1. The van der Waals surface area contributed by atoms with Crippen molar-refractivity contribution in [2.24, 2.45) is 5.41 Å². The lowest BCUT2D eigenvalue weighted by Gasteiger charge is -2.32. The molecule has 0 aromatic rings. The van der Waals surface area contributed by atoms with Gasteiger partial charge in [-0.2, -0.15) is 0 Å². The molecule has 2 fully saturated rings. The lowest BCUT2D eigenvalue weighted by atomic mass is 9.90. The van der Waals surface area contributed by atoms with Gasteiger partial charge < -0.3 is 15.7 Å². The Kier molecular flexibility index (Phi) is 5.27. The SMILES string of the molecule is CC(C)(CCO)CNC(=O)NC1CCN2CCCCC12. The third kappa shape index (κ3) is 4.09. The summed E-state index contributed by atoms with van der Waals surface area (Å²) in [6, 6.07) is 0.782. The molecule has 2 amide bonds. The third-order valence-electron chi connectivity index (χ3n) is 4.69. The number of fused-ring (bicyclic) bond motifs is 1. The van der Waals surface area contributed by atoms with Crippen molar-refractivity contribution in [1.29, 1.82) is 0 Å². The summed E-state index contributed by atoms with van der Waals surface area (Å²) in [5, 5.41) is 15.1. The van der Waals surface area contributed by atoms with Crippen LogP contribution in [0.1, 0.15) is 46.0 Å². The summed E-state index contributed by atoms with van der Waals surface area (Å²) in [6.07, 6.45) is 5.56. The highest BCUT2D eigenvalue weighted by Crippen LogP contribution is 2.27. The van der Waals surface area contributed by atoms with Gasteiger partial charge in [-0.3, -0.25) is 4.90 Å². The van der Waals surface area contributed by atoms with Crippen molar-refractivity contribution in [2.75, 3.05) is 26.2 Å². The van der Waals surface area contributed by atoms with Gasteiger partial charge in [0.2, 0.25) is 0 Å². The lowest BCUT2D eigenvalue weighted by Crippen LogP contribution is -2.50. The fraction of sp³-hybridized carbons (Fsp3) is 0.933. The fourth-order valence-corrected chi connectivity index (χ4v) is 3.35. The van der Waals surface area contributed by atoms with Crippen molar-refractivity contribution >= 4 is 6.03 Å². The summed E-state index contributed by atoms with van der Waals surface area (Å²) in [5.74, 6) is 0. The van der Waals surface area contributed by atoms with E-state index in [9.17, 15) is 4.79 Å². The largest absolute Gasteiger partial charge is 0.396 e. The van der Waals surface area contributed by atoms with Crippen LogP contribution in [0, 0.1) is 5.41 Å². The highest BCUT2D eigenvalue weighted by Gasteiger charge is 2.36. The molecule has 2 saturated heterocycles. The molecular weight excluding hydrogens is 254 g/mol. The van der Waals surface area contributed by atoms with Crippen LogP contribution in [-0.2, 0) is 0 Å². The standard InChI is InChI=1S/C15H29N3O2/c1-15(2,7-10-19)11-16-14(20)17-12-6-9-18-8-4-3-5-13(12)18/h12-13,19H,3-11H2,1-2H3,(H2,16,17,20). The van der Waals surface area contributed by atoms with E-state index in [1.807, 2.05) is 0 Å². The molecule has 5 nitrogen and oxygen atoms in total. The first-order chi connectivity index (χ1) is 9.52. The average molecular weight is 283 g/mol. The van der Waals surface area contributed by atoms with E-state index >= 15 is 0 Å². The van der Waals surface area contributed by atoms with E-state index in [1.165, 1.54) is 25.8 Å². The molecule has 2 aliphatic heterocycles. The number of piperidine rings is 1. The van der Waals surface area contributed by atoms with Gasteiger partial charge in [-0.25, -0.2) is 4.79 Å². The summed E-state index contributed by atoms with van der Waals surface area (Å²) in [4.78, 5) is 14.5. The molecule has 2 unspecified atom stereocenters. The summed E-state index contributed by atoms with van der Waals surface area (Å²) in [5.41, 5.74) is -0.0569. The van der Waals surface area contributed by atoms with Gasteiger partial charge in [0.05, 0.1) is 0 Å².